The van der Waals surface area contributed by atoms with Gasteiger partial charge in [0.25, 0.3) is 5.91 Å². The number of esters is 1. The van der Waals surface area contributed by atoms with Crippen LogP contribution in [0.2, 0.25) is 0 Å². The van der Waals surface area contributed by atoms with E-state index in [1.807, 2.05) is 0 Å². The highest BCUT2D eigenvalue weighted by Crippen LogP contribution is 2.19. The molecule has 0 unspecified atom stereocenters. The Morgan fingerprint density at radius 2 is 2.04 bits per heavy atom. The molecular weight excluding hydrogens is 318 g/mol. The van der Waals surface area contributed by atoms with Gasteiger partial charge in [-0.15, -0.1) is 0 Å². The Bertz CT molecular complexity index is 694. The van der Waals surface area contributed by atoms with Gasteiger partial charge in [0.05, 0.1) is 20.3 Å². The number of rotatable bonds is 9. The van der Waals surface area contributed by atoms with E-state index in [2.05, 4.69) is 30.1 Å². The third kappa shape index (κ3) is 6.67. The molecule has 0 fully saturated rings. The summed E-state index contributed by atoms with van der Waals surface area (Å²) >= 11 is 0. The number of hydrogen-bond acceptors (Lipinski definition) is 6. The number of amides is 1. The van der Waals surface area contributed by atoms with Gasteiger partial charge in [0.15, 0.2) is 0 Å². The summed E-state index contributed by atoms with van der Waals surface area (Å²) in [5.74, 6) is -0.931. The van der Waals surface area contributed by atoms with Crippen LogP contribution in [0.4, 0.5) is 5.69 Å². The first-order chi connectivity index (χ1) is 11.6. The maximum absolute atomic E-state index is 12.1. The van der Waals surface area contributed by atoms with E-state index in [9.17, 15) is 9.59 Å². The second kappa shape index (κ2) is 10.5. The van der Waals surface area contributed by atoms with Crippen LogP contribution in [-0.4, -0.2) is 38.7 Å². The van der Waals surface area contributed by atoms with E-state index in [-0.39, 0.29) is 37.6 Å². The zero-order valence-corrected chi connectivity index (χ0v) is 12.9. The summed E-state index contributed by atoms with van der Waals surface area (Å²) in [5.41, 5.74) is 17.9. The Kier molecular flexibility index (Phi) is 8.19. The fraction of sp³-hybridized carbons (Fsp3) is 0.385. The minimum atomic E-state index is -0.508. The van der Waals surface area contributed by atoms with E-state index in [1.54, 1.807) is 0 Å². The number of methoxy groups -OCH3 is 1. The van der Waals surface area contributed by atoms with E-state index in [0.717, 1.165) is 0 Å². The average molecular weight is 333 g/mol. The number of carbonyl (C=O) groups is 2. The lowest BCUT2D eigenvalue weighted by Crippen LogP contribution is -2.28. The molecule has 0 aliphatic rings. The van der Waals surface area contributed by atoms with Crippen LogP contribution in [0.1, 0.15) is 15.9 Å². The van der Waals surface area contributed by atoms with Crippen molar-refractivity contribution in [3.05, 3.63) is 50.2 Å². The predicted molar refractivity (Wildman–Crippen MR) is 83.3 cm³/mol. The Hall–Kier alpha value is -3.26. The van der Waals surface area contributed by atoms with Gasteiger partial charge in [0.2, 0.25) is 0 Å². The molecule has 1 aromatic carbocycles. The monoisotopic (exact) mass is 333 g/mol. The van der Waals surface area contributed by atoms with Crippen LogP contribution in [0.5, 0.6) is 0 Å². The van der Waals surface area contributed by atoms with Crippen LogP contribution in [0, 0.1) is 0 Å². The Labute approximate surface area is 136 Å². The van der Waals surface area contributed by atoms with Crippen molar-refractivity contribution in [1.82, 2.24) is 5.32 Å². The van der Waals surface area contributed by atoms with Crippen molar-refractivity contribution >= 4 is 17.6 Å². The summed E-state index contributed by atoms with van der Waals surface area (Å²) in [4.78, 5) is 28.2. The van der Waals surface area contributed by atoms with Crippen LogP contribution in [0.3, 0.4) is 0 Å². The highest BCUT2D eigenvalue weighted by Gasteiger charge is 2.08. The van der Waals surface area contributed by atoms with E-state index < -0.39 is 11.9 Å². The fourth-order valence-electron chi connectivity index (χ4n) is 1.67. The largest absolute Gasteiger partial charge is 0.467 e. The lowest BCUT2D eigenvalue weighted by molar-refractivity contribution is -0.145. The summed E-state index contributed by atoms with van der Waals surface area (Å²) < 4.78 is 9.40. The van der Waals surface area contributed by atoms with Gasteiger partial charge in [-0.05, 0) is 34.8 Å². The topological polar surface area (TPSA) is 162 Å². The number of nitrogens with zero attached hydrogens (tertiary/aromatic N) is 6. The summed E-state index contributed by atoms with van der Waals surface area (Å²) in [6.45, 7) is 0.124. The minimum absolute atomic E-state index is 0.0216. The maximum atomic E-state index is 12.1. The van der Waals surface area contributed by atoms with Gasteiger partial charge in [0, 0.05) is 27.6 Å². The quantitative estimate of drug-likeness (QED) is 0.241. The molecule has 1 aromatic rings. The van der Waals surface area contributed by atoms with Crippen molar-refractivity contribution in [3.8, 4) is 0 Å². The molecule has 24 heavy (non-hydrogen) atoms. The molecule has 126 valence electrons. The van der Waals surface area contributed by atoms with Gasteiger partial charge < -0.3 is 14.8 Å². The SMILES string of the molecule is COC(=O)COCCNC(=O)c1cc(CN=[N+]=[N-])cc(N=[N+]=[N-])c1. The molecule has 11 heteroatoms. The zero-order chi connectivity index (χ0) is 17.8. The molecule has 11 nitrogen and oxygen atoms in total. The van der Waals surface area contributed by atoms with Crippen molar-refractivity contribution < 1.29 is 19.1 Å². The van der Waals surface area contributed by atoms with E-state index in [4.69, 9.17) is 15.8 Å². The summed E-state index contributed by atoms with van der Waals surface area (Å²) in [6, 6.07) is 4.45. The van der Waals surface area contributed by atoms with Gasteiger partial charge in [0.1, 0.15) is 6.61 Å². The number of azide groups is 2. The minimum Gasteiger partial charge on any atom is -0.467 e. The second-order valence-corrected chi connectivity index (χ2v) is 4.35. The molecule has 0 radical (unpaired) electrons. The lowest BCUT2D eigenvalue weighted by Gasteiger charge is -2.08. The highest BCUT2D eigenvalue weighted by molar-refractivity contribution is 5.95. The van der Waals surface area contributed by atoms with Crippen molar-refractivity contribution in [2.45, 2.75) is 6.54 Å². The van der Waals surface area contributed by atoms with E-state index in [1.165, 1.54) is 25.3 Å². The highest BCUT2D eigenvalue weighted by atomic mass is 16.6. The van der Waals surface area contributed by atoms with Crippen LogP contribution in [0.25, 0.3) is 20.9 Å². The number of hydrogen-bond donors (Lipinski definition) is 1. The van der Waals surface area contributed by atoms with E-state index >= 15 is 0 Å². The molecule has 1 rings (SSSR count). The smallest absolute Gasteiger partial charge is 0.331 e. The Balaban J connectivity index is 2.67. The molecule has 0 saturated carbocycles. The lowest BCUT2D eigenvalue weighted by atomic mass is 10.1. The average Bonchev–Trinajstić information content (AvgIpc) is 2.59. The van der Waals surface area contributed by atoms with Crippen LogP contribution >= 0.6 is 0 Å². The first-order valence-electron chi connectivity index (χ1n) is 6.73. The summed E-state index contributed by atoms with van der Waals surface area (Å²) in [7, 11) is 1.25. The molecule has 0 atom stereocenters. The zero-order valence-electron chi connectivity index (χ0n) is 12.9. The normalized spacial score (nSPS) is 9.38. The molecule has 0 saturated heterocycles. The second-order valence-electron chi connectivity index (χ2n) is 4.35. The number of nitrogens with one attached hydrogen (secondary N) is 1. The van der Waals surface area contributed by atoms with Crippen LogP contribution < -0.4 is 5.32 Å². The maximum Gasteiger partial charge on any atom is 0.331 e. The molecule has 0 heterocycles. The van der Waals surface area contributed by atoms with Gasteiger partial charge in [-0.25, -0.2) is 4.79 Å². The molecule has 0 aliphatic carbocycles. The van der Waals surface area contributed by atoms with Crippen LogP contribution in [-0.2, 0) is 20.8 Å². The molecule has 0 aromatic heterocycles. The number of benzene rings is 1. The summed E-state index contributed by atoms with van der Waals surface area (Å²) in [5, 5.41) is 9.44. The van der Waals surface area contributed by atoms with Crippen molar-refractivity contribution in [1.29, 1.82) is 0 Å². The predicted octanol–water partition coefficient (Wildman–Crippen LogP) is 2.36. The third-order valence-corrected chi connectivity index (χ3v) is 2.70. The molecular formula is C13H15N7O4. The van der Waals surface area contributed by atoms with Crippen LogP contribution in [0.15, 0.2) is 28.4 Å². The standard InChI is InChI=1S/C13H15N7O4/c1-23-12(21)8-24-3-2-16-13(22)10-4-9(7-17-19-14)5-11(6-10)18-20-15/h4-6H,2-3,7-8H2,1H3,(H,16,22). The first-order valence-corrected chi connectivity index (χ1v) is 6.73. The first kappa shape index (κ1) is 18.8. The van der Waals surface area contributed by atoms with Gasteiger partial charge >= 0.3 is 5.97 Å². The molecule has 1 N–H and O–H groups in total. The molecule has 0 spiro atoms. The van der Waals surface area contributed by atoms with E-state index in [0.29, 0.717) is 5.56 Å². The van der Waals surface area contributed by atoms with Crippen molar-refractivity contribution in [2.24, 2.45) is 10.2 Å². The number of carbonyl (C=O) groups excluding carboxylic acids is 2. The van der Waals surface area contributed by atoms with Crippen molar-refractivity contribution in [3.63, 3.8) is 0 Å². The van der Waals surface area contributed by atoms with Gasteiger partial charge in [-0.3, -0.25) is 4.79 Å². The Morgan fingerprint density at radius 3 is 2.71 bits per heavy atom. The fourth-order valence-corrected chi connectivity index (χ4v) is 1.67. The van der Waals surface area contributed by atoms with Crippen molar-refractivity contribution in [2.75, 3.05) is 26.9 Å². The summed E-state index contributed by atoms with van der Waals surface area (Å²) in [6.07, 6.45) is 0. The molecule has 1 amide bonds. The van der Waals surface area contributed by atoms with Gasteiger partial charge in [-0.2, -0.15) is 0 Å². The third-order valence-electron chi connectivity index (χ3n) is 2.70. The molecule has 0 aliphatic heterocycles. The van der Waals surface area contributed by atoms with Gasteiger partial charge in [-0.1, -0.05) is 10.2 Å². The molecule has 0 bridgehead atoms. The number of ether oxygens (including phenoxy) is 2. The Morgan fingerprint density at radius 1 is 1.25 bits per heavy atom.